The fourth-order valence-corrected chi connectivity index (χ4v) is 4.67. The molecule has 1 aliphatic rings. The van der Waals surface area contributed by atoms with Gasteiger partial charge in [0, 0.05) is 17.7 Å². The minimum Gasteiger partial charge on any atom is -0.507 e. The van der Waals surface area contributed by atoms with Gasteiger partial charge >= 0.3 is 5.97 Å². The minimum absolute atomic E-state index is 0.0577. The van der Waals surface area contributed by atoms with Crippen molar-refractivity contribution in [1.29, 1.82) is 0 Å². The van der Waals surface area contributed by atoms with Crippen LogP contribution < -0.4 is 15.4 Å². The fourth-order valence-electron chi connectivity index (χ4n) is 4.67. The molecular weight excluding hydrogens is 519 g/mol. The van der Waals surface area contributed by atoms with Crippen LogP contribution in [0.3, 0.4) is 0 Å². The summed E-state index contributed by atoms with van der Waals surface area (Å²) in [7, 11) is 1.25. The second-order valence-electron chi connectivity index (χ2n) is 9.71. The average Bonchev–Trinajstić information content (AvgIpc) is 3.16. The van der Waals surface area contributed by atoms with E-state index in [4.69, 9.17) is 9.47 Å². The second kappa shape index (κ2) is 12.2. The number of nitrogens with one attached hydrogen (secondary N) is 2. The normalized spacial score (nSPS) is 17.0. The van der Waals surface area contributed by atoms with E-state index in [1.165, 1.54) is 43.5 Å². The topological polar surface area (TPSA) is 134 Å². The molecule has 0 saturated carbocycles. The molecule has 0 aliphatic carbocycles. The zero-order valence-corrected chi connectivity index (χ0v) is 22.4. The highest BCUT2D eigenvalue weighted by Gasteiger charge is 2.30. The van der Waals surface area contributed by atoms with Gasteiger partial charge in [-0.05, 0) is 80.8 Å². The lowest BCUT2D eigenvalue weighted by molar-refractivity contribution is 0.0192. The van der Waals surface area contributed by atoms with Crippen molar-refractivity contribution in [2.45, 2.75) is 38.8 Å². The predicted molar refractivity (Wildman–Crippen MR) is 145 cm³/mol. The van der Waals surface area contributed by atoms with E-state index >= 15 is 0 Å². The predicted octanol–water partition coefficient (Wildman–Crippen LogP) is 3.80. The number of methoxy groups -OCH3 is 1. The number of rotatable bonds is 7. The van der Waals surface area contributed by atoms with Crippen LogP contribution in [0.1, 0.15) is 60.6 Å². The summed E-state index contributed by atoms with van der Waals surface area (Å²) in [5, 5.41) is 26.3. The Morgan fingerprint density at radius 2 is 1.62 bits per heavy atom. The molecule has 0 spiro atoms. The molecule has 0 aromatic heterocycles. The van der Waals surface area contributed by atoms with Gasteiger partial charge in [-0.3, -0.25) is 9.59 Å². The Morgan fingerprint density at radius 3 is 2.27 bits per heavy atom. The third kappa shape index (κ3) is 6.07. The SMILES string of the molecule is COc1ccc(O)c(C(=O)c2ccc(C(=O)O[C@@H]3CCCNC[C@H]3NC(=O)c3cc(C)c(O)c(C)c3)cc2)c1F. The van der Waals surface area contributed by atoms with Crippen molar-refractivity contribution in [1.82, 2.24) is 10.6 Å². The molecule has 0 radical (unpaired) electrons. The number of aromatic hydroxyl groups is 2. The number of ether oxygens (including phenoxy) is 2. The Labute approximate surface area is 230 Å². The minimum atomic E-state index is -0.983. The number of halogens is 1. The number of benzene rings is 3. The molecule has 1 aliphatic heterocycles. The van der Waals surface area contributed by atoms with Crippen molar-refractivity contribution >= 4 is 17.7 Å². The fraction of sp³-hybridized carbons (Fsp3) is 0.300. The van der Waals surface area contributed by atoms with Gasteiger partial charge in [-0.2, -0.15) is 0 Å². The average molecular weight is 551 g/mol. The number of hydrogen-bond acceptors (Lipinski definition) is 8. The number of ketones is 1. The lowest BCUT2D eigenvalue weighted by atomic mass is 10.00. The number of phenols is 2. The van der Waals surface area contributed by atoms with Crippen LogP contribution in [-0.4, -0.2) is 60.2 Å². The van der Waals surface area contributed by atoms with Crippen LogP contribution in [-0.2, 0) is 4.74 Å². The Bertz CT molecular complexity index is 1420. The summed E-state index contributed by atoms with van der Waals surface area (Å²) < 4.78 is 25.3. The smallest absolute Gasteiger partial charge is 0.338 e. The molecule has 4 N–H and O–H groups in total. The molecular formula is C30H31FN2O7. The maximum Gasteiger partial charge on any atom is 0.338 e. The van der Waals surface area contributed by atoms with E-state index in [1.807, 2.05) is 0 Å². The molecule has 10 heteroatoms. The van der Waals surface area contributed by atoms with Gasteiger partial charge in [-0.15, -0.1) is 0 Å². The number of phenolic OH excluding ortho intramolecular Hbond substituents is 2. The van der Waals surface area contributed by atoms with Crippen LogP contribution in [0, 0.1) is 19.7 Å². The number of carbonyl (C=O) groups excluding carboxylic acids is 3. The molecule has 3 aromatic rings. The first-order chi connectivity index (χ1) is 19.1. The molecule has 1 amide bonds. The van der Waals surface area contributed by atoms with E-state index in [0.29, 0.717) is 36.2 Å². The van der Waals surface area contributed by atoms with Gasteiger partial charge in [0.15, 0.2) is 17.3 Å². The molecule has 1 heterocycles. The molecule has 2 atom stereocenters. The third-order valence-corrected chi connectivity index (χ3v) is 6.90. The summed E-state index contributed by atoms with van der Waals surface area (Å²) in [6.45, 7) is 4.52. The van der Waals surface area contributed by atoms with Crippen molar-refractivity contribution in [3.05, 3.63) is 87.7 Å². The van der Waals surface area contributed by atoms with Crippen LogP contribution in [0.2, 0.25) is 0 Å². The largest absolute Gasteiger partial charge is 0.507 e. The van der Waals surface area contributed by atoms with Gasteiger partial charge in [0.25, 0.3) is 5.91 Å². The number of carbonyl (C=O) groups is 3. The maximum atomic E-state index is 14.6. The summed E-state index contributed by atoms with van der Waals surface area (Å²) in [6, 6.07) is 10.5. The Balaban J connectivity index is 1.48. The second-order valence-corrected chi connectivity index (χ2v) is 9.71. The molecule has 1 saturated heterocycles. The highest BCUT2D eigenvalue weighted by Crippen LogP contribution is 2.30. The van der Waals surface area contributed by atoms with E-state index in [2.05, 4.69) is 10.6 Å². The summed E-state index contributed by atoms with van der Waals surface area (Å²) in [5.41, 5.74) is 1.25. The van der Waals surface area contributed by atoms with Crippen molar-refractivity contribution in [2.24, 2.45) is 0 Å². The molecule has 1 fully saturated rings. The standard InChI is InChI=1S/C30H31FN2O7/c1-16-13-20(14-17(2)27(16)35)29(37)33-21-15-32-12-4-5-23(21)40-30(38)19-8-6-18(7-9-19)28(36)25-22(34)10-11-24(39-3)26(25)31/h6-11,13-14,21,23,32,34-35H,4-5,12,15H2,1-3H3,(H,33,37)/t21-,23-/m1/s1. The number of esters is 1. The van der Waals surface area contributed by atoms with Gasteiger partial charge in [0.2, 0.25) is 0 Å². The lowest BCUT2D eigenvalue weighted by Crippen LogP contribution is -2.49. The molecule has 210 valence electrons. The van der Waals surface area contributed by atoms with Gasteiger partial charge in [-0.25, -0.2) is 9.18 Å². The quantitative estimate of drug-likeness (QED) is 0.258. The highest BCUT2D eigenvalue weighted by atomic mass is 19.1. The van der Waals surface area contributed by atoms with Gasteiger partial charge in [0.1, 0.15) is 23.2 Å². The first-order valence-electron chi connectivity index (χ1n) is 12.8. The molecule has 3 aromatic carbocycles. The molecule has 9 nitrogen and oxygen atoms in total. The molecule has 4 rings (SSSR count). The van der Waals surface area contributed by atoms with Gasteiger partial charge < -0.3 is 30.3 Å². The molecule has 0 bridgehead atoms. The summed E-state index contributed by atoms with van der Waals surface area (Å²) in [5.74, 6) is -3.32. The van der Waals surface area contributed by atoms with Crippen molar-refractivity contribution in [3.8, 4) is 17.2 Å². The van der Waals surface area contributed by atoms with Crippen molar-refractivity contribution in [3.63, 3.8) is 0 Å². The van der Waals surface area contributed by atoms with E-state index in [1.54, 1.807) is 26.0 Å². The summed E-state index contributed by atoms with van der Waals surface area (Å²) in [4.78, 5) is 38.9. The van der Waals surface area contributed by atoms with Crippen LogP contribution in [0.5, 0.6) is 17.2 Å². The van der Waals surface area contributed by atoms with Gasteiger partial charge in [0.05, 0.1) is 18.7 Å². The van der Waals surface area contributed by atoms with Crippen LogP contribution in [0.15, 0.2) is 48.5 Å². The van der Waals surface area contributed by atoms with Crippen molar-refractivity contribution in [2.75, 3.05) is 20.2 Å². The highest BCUT2D eigenvalue weighted by molar-refractivity contribution is 6.11. The number of hydrogen-bond donors (Lipinski definition) is 4. The molecule has 0 unspecified atom stereocenters. The molecule has 40 heavy (non-hydrogen) atoms. The van der Waals surface area contributed by atoms with Gasteiger partial charge in [-0.1, -0.05) is 12.1 Å². The van der Waals surface area contributed by atoms with E-state index in [-0.39, 0.29) is 28.5 Å². The van der Waals surface area contributed by atoms with Crippen molar-refractivity contribution < 1.29 is 38.5 Å². The number of amides is 1. The Kier molecular flexibility index (Phi) is 8.69. The summed E-state index contributed by atoms with van der Waals surface area (Å²) in [6.07, 6.45) is 0.627. The zero-order chi connectivity index (χ0) is 29.0. The maximum absolute atomic E-state index is 14.6. The monoisotopic (exact) mass is 550 g/mol. The zero-order valence-electron chi connectivity index (χ0n) is 22.4. The summed E-state index contributed by atoms with van der Waals surface area (Å²) >= 11 is 0. The first kappa shape index (κ1) is 28.6. The Hall–Kier alpha value is -4.44. The lowest BCUT2D eigenvalue weighted by Gasteiger charge is -2.26. The van der Waals surface area contributed by atoms with Crippen LogP contribution in [0.25, 0.3) is 0 Å². The van der Waals surface area contributed by atoms with E-state index in [9.17, 15) is 29.0 Å². The Morgan fingerprint density at radius 1 is 0.975 bits per heavy atom. The first-order valence-corrected chi connectivity index (χ1v) is 12.8. The van der Waals surface area contributed by atoms with Crippen LogP contribution >= 0.6 is 0 Å². The van der Waals surface area contributed by atoms with Crippen LogP contribution in [0.4, 0.5) is 4.39 Å². The number of aryl methyl sites for hydroxylation is 2. The van der Waals surface area contributed by atoms with E-state index < -0.39 is 41.0 Å². The van der Waals surface area contributed by atoms with E-state index in [0.717, 1.165) is 6.42 Å². The third-order valence-electron chi connectivity index (χ3n) is 6.90.